The van der Waals surface area contributed by atoms with Crippen LogP contribution in [-0.2, 0) is 0 Å². The van der Waals surface area contributed by atoms with E-state index in [9.17, 15) is 0 Å². The van der Waals surface area contributed by atoms with Crippen LogP contribution in [0.15, 0.2) is 12.2 Å². The lowest BCUT2D eigenvalue weighted by Gasteiger charge is -2.41. The molecule has 4 atom stereocenters. The molecule has 0 radical (unpaired) electrons. The highest BCUT2D eigenvalue weighted by atomic mass is 35.5. The van der Waals surface area contributed by atoms with Crippen molar-refractivity contribution in [3.8, 4) is 0 Å². The molecule has 9 heavy (non-hydrogen) atoms. The van der Waals surface area contributed by atoms with Crippen molar-refractivity contribution in [2.75, 3.05) is 0 Å². The van der Waals surface area contributed by atoms with Crippen molar-refractivity contribution in [3.63, 3.8) is 0 Å². The molecular weight excluding hydrogens is 155 g/mol. The van der Waals surface area contributed by atoms with Crippen molar-refractivity contribution in [2.24, 2.45) is 11.8 Å². The molecule has 50 valence electrons. The van der Waals surface area contributed by atoms with Gasteiger partial charge in [-0.25, -0.2) is 0 Å². The Bertz CT molecular complexity index is 153. The van der Waals surface area contributed by atoms with E-state index in [1.807, 2.05) is 0 Å². The normalized spacial score (nSPS) is 54.9. The zero-order valence-electron chi connectivity index (χ0n) is 4.93. The predicted octanol–water partition coefficient (Wildman–Crippen LogP) is 2.41. The van der Waals surface area contributed by atoms with Crippen LogP contribution >= 0.6 is 23.2 Å². The fourth-order valence-corrected chi connectivity index (χ4v) is 2.58. The summed E-state index contributed by atoms with van der Waals surface area (Å²) in [5, 5.41) is 0.432. The van der Waals surface area contributed by atoms with Gasteiger partial charge in [0.2, 0.25) is 0 Å². The topological polar surface area (TPSA) is 0 Å². The highest BCUT2D eigenvalue weighted by molar-refractivity contribution is 6.31. The molecule has 0 aromatic carbocycles. The van der Waals surface area contributed by atoms with Crippen molar-refractivity contribution >= 4 is 23.2 Å². The van der Waals surface area contributed by atoms with Crippen LogP contribution in [-0.4, -0.2) is 10.8 Å². The molecule has 1 fully saturated rings. The van der Waals surface area contributed by atoms with Gasteiger partial charge in [0.05, 0.1) is 10.8 Å². The second-order valence-corrected chi connectivity index (χ2v) is 3.80. The minimum atomic E-state index is 0.204. The molecule has 0 bridgehead atoms. The minimum absolute atomic E-state index is 0.204. The van der Waals surface area contributed by atoms with E-state index in [0.29, 0.717) is 11.8 Å². The number of rotatable bonds is 0. The Morgan fingerprint density at radius 2 is 2.00 bits per heavy atom. The zero-order chi connectivity index (χ0) is 6.43. The lowest BCUT2D eigenvalue weighted by Crippen LogP contribution is -2.46. The van der Waals surface area contributed by atoms with E-state index in [2.05, 4.69) is 12.2 Å². The SMILES string of the molecule is Cl[C@@H]1[C@H](Cl)[C@H]2C=CC[C@@H]12. The Morgan fingerprint density at radius 3 is 2.67 bits per heavy atom. The summed E-state index contributed by atoms with van der Waals surface area (Å²) >= 11 is 11.8. The Morgan fingerprint density at radius 1 is 1.22 bits per heavy atom. The summed E-state index contributed by atoms with van der Waals surface area (Å²) in [5.74, 6) is 1.25. The van der Waals surface area contributed by atoms with Gasteiger partial charge in [-0.15, -0.1) is 23.2 Å². The number of hydrogen-bond donors (Lipinski definition) is 0. The number of fused-ring (bicyclic) bond motifs is 1. The fraction of sp³-hybridized carbons (Fsp3) is 0.714. The Balaban J connectivity index is 2.12. The molecule has 0 unspecified atom stereocenters. The Labute approximate surface area is 64.8 Å². The van der Waals surface area contributed by atoms with Crippen molar-refractivity contribution in [3.05, 3.63) is 12.2 Å². The minimum Gasteiger partial charge on any atom is -0.121 e. The number of allylic oxidation sites excluding steroid dienone is 2. The average Bonchev–Trinajstić information content (AvgIpc) is 2.30. The van der Waals surface area contributed by atoms with E-state index < -0.39 is 0 Å². The molecule has 0 aromatic heterocycles. The summed E-state index contributed by atoms with van der Waals surface area (Å²) in [4.78, 5) is 0. The van der Waals surface area contributed by atoms with Gasteiger partial charge >= 0.3 is 0 Å². The molecule has 0 nitrogen and oxygen atoms in total. The maximum absolute atomic E-state index is 5.93. The average molecular weight is 163 g/mol. The third-order valence-electron chi connectivity index (χ3n) is 2.34. The third kappa shape index (κ3) is 0.667. The summed E-state index contributed by atoms with van der Waals surface area (Å²) < 4.78 is 0. The molecule has 2 aliphatic carbocycles. The molecule has 2 aliphatic rings. The first-order chi connectivity index (χ1) is 4.30. The number of alkyl halides is 2. The second kappa shape index (κ2) is 1.90. The van der Waals surface area contributed by atoms with Gasteiger partial charge in [0, 0.05) is 0 Å². The zero-order valence-corrected chi connectivity index (χ0v) is 6.44. The molecule has 0 N–H and O–H groups in total. The van der Waals surface area contributed by atoms with Crippen LogP contribution in [0.1, 0.15) is 6.42 Å². The predicted molar refractivity (Wildman–Crippen MR) is 40.0 cm³/mol. The number of hydrogen-bond acceptors (Lipinski definition) is 0. The Kier molecular flexibility index (Phi) is 1.28. The lowest BCUT2D eigenvalue weighted by atomic mass is 9.75. The molecule has 0 aliphatic heterocycles. The first-order valence-corrected chi connectivity index (χ1v) is 4.13. The summed E-state index contributed by atoms with van der Waals surface area (Å²) in [6.45, 7) is 0. The molecule has 0 heterocycles. The van der Waals surface area contributed by atoms with E-state index in [1.165, 1.54) is 0 Å². The monoisotopic (exact) mass is 162 g/mol. The van der Waals surface area contributed by atoms with Gasteiger partial charge in [-0.2, -0.15) is 0 Å². The van der Waals surface area contributed by atoms with Gasteiger partial charge in [-0.05, 0) is 18.3 Å². The lowest BCUT2D eigenvalue weighted by molar-refractivity contribution is 0.266. The highest BCUT2D eigenvalue weighted by Crippen LogP contribution is 2.48. The summed E-state index contributed by atoms with van der Waals surface area (Å²) in [5.41, 5.74) is 0. The molecule has 0 saturated heterocycles. The molecule has 2 heteroatoms. The van der Waals surface area contributed by atoms with Crippen LogP contribution in [0.4, 0.5) is 0 Å². The van der Waals surface area contributed by atoms with Crippen molar-refractivity contribution in [1.82, 2.24) is 0 Å². The van der Waals surface area contributed by atoms with Gasteiger partial charge in [-0.1, -0.05) is 12.2 Å². The second-order valence-electron chi connectivity index (χ2n) is 2.79. The molecule has 1 saturated carbocycles. The maximum atomic E-state index is 5.93. The largest absolute Gasteiger partial charge is 0.121 e. The van der Waals surface area contributed by atoms with Crippen LogP contribution in [0.5, 0.6) is 0 Å². The van der Waals surface area contributed by atoms with Gasteiger partial charge in [0.1, 0.15) is 0 Å². The molecule has 0 aromatic rings. The maximum Gasteiger partial charge on any atom is 0.0568 e. The van der Waals surface area contributed by atoms with E-state index in [-0.39, 0.29) is 10.8 Å². The van der Waals surface area contributed by atoms with Crippen LogP contribution in [0.3, 0.4) is 0 Å². The first-order valence-electron chi connectivity index (χ1n) is 3.25. The van der Waals surface area contributed by atoms with Crippen LogP contribution in [0, 0.1) is 11.8 Å². The van der Waals surface area contributed by atoms with Gasteiger partial charge in [0.15, 0.2) is 0 Å². The summed E-state index contributed by atoms with van der Waals surface area (Å²) in [6, 6.07) is 0. The van der Waals surface area contributed by atoms with E-state index in [4.69, 9.17) is 23.2 Å². The van der Waals surface area contributed by atoms with Crippen LogP contribution < -0.4 is 0 Å². The van der Waals surface area contributed by atoms with Crippen LogP contribution in [0.25, 0.3) is 0 Å². The smallest absolute Gasteiger partial charge is 0.0568 e. The number of halogens is 2. The quantitative estimate of drug-likeness (QED) is 0.380. The Hall–Kier alpha value is 0.320. The van der Waals surface area contributed by atoms with E-state index in [1.54, 1.807) is 0 Å². The molecule has 0 spiro atoms. The van der Waals surface area contributed by atoms with Gasteiger partial charge in [0.25, 0.3) is 0 Å². The van der Waals surface area contributed by atoms with Crippen molar-refractivity contribution < 1.29 is 0 Å². The fourth-order valence-electron chi connectivity index (χ4n) is 1.68. The van der Waals surface area contributed by atoms with E-state index >= 15 is 0 Å². The van der Waals surface area contributed by atoms with Crippen molar-refractivity contribution in [2.45, 2.75) is 17.2 Å². The highest BCUT2D eigenvalue weighted by Gasteiger charge is 2.48. The third-order valence-corrected chi connectivity index (χ3v) is 3.63. The van der Waals surface area contributed by atoms with E-state index in [0.717, 1.165) is 6.42 Å². The molecular formula is C7H8Cl2. The van der Waals surface area contributed by atoms with Gasteiger partial charge < -0.3 is 0 Å². The van der Waals surface area contributed by atoms with Crippen LogP contribution in [0.2, 0.25) is 0 Å². The standard InChI is InChI=1S/C7H8Cl2/c8-6-4-2-1-3-5(4)7(6)9/h1-2,4-7H,3H2/t4-,5+,6+,7-/m0/s1. The van der Waals surface area contributed by atoms with Crippen molar-refractivity contribution in [1.29, 1.82) is 0 Å². The summed E-state index contributed by atoms with van der Waals surface area (Å²) in [7, 11) is 0. The van der Waals surface area contributed by atoms with Gasteiger partial charge in [-0.3, -0.25) is 0 Å². The first kappa shape index (κ1) is 6.06. The molecule has 2 rings (SSSR count). The molecule has 0 amide bonds. The summed E-state index contributed by atoms with van der Waals surface area (Å²) in [6.07, 6.45) is 5.52.